The first kappa shape index (κ1) is 23.8. The number of nitrogens with one attached hydrogen (secondary N) is 1. The molecular formula is C19H14F6N2O4. The number of rotatable bonds is 6. The maximum atomic E-state index is 13.2. The third-order valence-electron chi connectivity index (χ3n) is 3.77. The number of aliphatic hydroxyl groups is 1. The van der Waals surface area contributed by atoms with E-state index in [2.05, 4.69) is 4.74 Å². The predicted octanol–water partition coefficient (Wildman–Crippen LogP) is 4.24. The van der Waals surface area contributed by atoms with Crippen LogP contribution in [0, 0.1) is 11.3 Å². The molecule has 0 heterocycles. The van der Waals surface area contributed by atoms with Gasteiger partial charge in [-0.15, -0.1) is 13.2 Å². The maximum Gasteiger partial charge on any atom is 0.573 e. The second-order valence-electron chi connectivity index (χ2n) is 6.41. The van der Waals surface area contributed by atoms with Crippen molar-refractivity contribution in [3.63, 3.8) is 0 Å². The van der Waals surface area contributed by atoms with Gasteiger partial charge in [0.05, 0.1) is 22.9 Å². The molecule has 0 radical (unpaired) electrons. The summed E-state index contributed by atoms with van der Waals surface area (Å²) in [6.45, 7) is 0.246. The molecule has 1 atom stereocenters. The monoisotopic (exact) mass is 448 g/mol. The van der Waals surface area contributed by atoms with Crippen LogP contribution in [-0.2, 0) is 11.0 Å². The first-order valence-electron chi connectivity index (χ1n) is 8.35. The summed E-state index contributed by atoms with van der Waals surface area (Å²) in [4.78, 5) is 12.3. The minimum absolute atomic E-state index is 0.0306. The van der Waals surface area contributed by atoms with E-state index < -0.39 is 47.7 Å². The van der Waals surface area contributed by atoms with E-state index in [9.17, 15) is 36.2 Å². The Bertz CT molecular complexity index is 979. The van der Waals surface area contributed by atoms with E-state index in [0.29, 0.717) is 6.07 Å². The smallest absolute Gasteiger partial charge is 0.490 e. The van der Waals surface area contributed by atoms with Crippen molar-refractivity contribution in [1.29, 1.82) is 5.26 Å². The molecule has 0 spiro atoms. The second-order valence-corrected chi connectivity index (χ2v) is 6.41. The maximum absolute atomic E-state index is 13.2. The zero-order valence-electron chi connectivity index (χ0n) is 15.6. The summed E-state index contributed by atoms with van der Waals surface area (Å²) in [6, 6.07) is 8.06. The Kier molecular flexibility index (Phi) is 6.70. The Morgan fingerprint density at radius 2 is 1.65 bits per heavy atom. The van der Waals surface area contributed by atoms with Crippen LogP contribution in [0.15, 0.2) is 42.5 Å². The van der Waals surface area contributed by atoms with Crippen LogP contribution < -0.4 is 14.8 Å². The van der Waals surface area contributed by atoms with Crippen LogP contribution in [0.4, 0.5) is 32.0 Å². The van der Waals surface area contributed by atoms with Crippen molar-refractivity contribution < 1.29 is 45.7 Å². The lowest BCUT2D eigenvalue weighted by Crippen LogP contribution is -2.45. The van der Waals surface area contributed by atoms with Crippen molar-refractivity contribution in [2.75, 3.05) is 11.9 Å². The second kappa shape index (κ2) is 8.73. The molecule has 31 heavy (non-hydrogen) atoms. The van der Waals surface area contributed by atoms with Gasteiger partial charge in [-0.25, -0.2) is 0 Å². The van der Waals surface area contributed by atoms with Crippen LogP contribution in [0.25, 0.3) is 0 Å². The zero-order valence-corrected chi connectivity index (χ0v) is 15.6. The van der Waals surface area contributed by atoms with Crippen LogP contribution in [0.2, 0.25) is 0 Å². The Morgan fingerprint density at radius 1 is 1.06 bits per heavy atom. The molecular weight excluding hydrogens is 434 g/mol. The molecule has 0 saturated heterocycles. The number of amides is 1. The number of nitriles is 1. The van der Waals surface area contributed by atoms with Crippen molar-refractivity contribution >= 4 is 11.6 Å². The van der Waals surface area contributed by atoms with Gasteiger partial charge in [0.1, 0.15) is 18.1 Å². The largest absolute Gasteiger partial charge is 0.573 e. The molecule has 0 bridgehead atoms. The summed E-state index contributed by atoms with van der Waals surface area (Å²) in [5, 5.41) is 21.0. The zero-order chi connectivity index (χ0) is 23.4. The molecule has 2 rings (SSSR count). The van der Waals surface area contributed by atoms with E-state index in [0.717, 1.165) is 43.3 Å². The third kappa shape index (κ3) is 6.78. The SMILES string of the molecule is CC(O)(COc1ccc(OC(F)(F)F)cc1)C(=O)Nc1ccc(C#N)cc1C(F)(F)F. The summed E-state index contributed by atoms with van der Waals surface area (Å²) in [6.07, 6.45) is -9.76. The number of benzene rings is 2. The molecule has 1 amide bonds. The fraction of sp³-hybridized carbons (Fsp3) is 0.263. The molecule has 1 unspecified atom stereocenters. The Balaban J connectivity index is 2.08. The molecule has 0 aromatic heterocycles. The van der Waals surface area contributed by atoms with Crippen molar-refractivity contribution in [3.8, 4) is 17.6 Å². The number of anilines is 1. The Labute approximate surface area is 171 Å². The molecule has 2 aromatic rings. The molecule has 0 aliphatic heterocycles. The van der Waals surface area contributed by atoms with Crippen molar-refractivity contribution in [2.45, 2.75) is 25.1 Å². The van der Waals surface area contributed by atoms with Gasteiger partial charge in [-0.1, -0.05) is 0 Å². The van der Waals surface area contributed by atoms with Crippen LogP contribution in [0.5, 0.6) is 11.5 Å². The normalized spacial score (nSPS) is 13.6. The van der Waals surface area contributed by atoms with Gasteiger partial charge in [0.15, 0.2) is 5.60 Å². The van der Waals surface area contributed by atoms with Crippen LogP contribution >= 0.6 is 0 Å². The van der Waals surface area contributed by atoms with Gasteiger partial charge in [0.2, 0.25) is 0 Å². The number of carbonyl (C=O) groups is 1. The fourth-order valence-corrected chi connectivity index (χ4v) is 2.24. The molecule has 6 nitrogen and oxygen atoms in total. The number of ether oxygens (including phenoxy) is 2. The van der Waals surface area contributed by atoms with Crippen LogP contribution in [-0.4, -0.2) is 29.6 Å². The highest BCUT2D eigenvalue weighted by Crippen LogP contribution is 2.36. The average Bonchev–Trinajstić information content (AvgIpc) is 2.65. The highest BCUT2D eigenvalue weighted by Gasteiger charge is 2.37. The molecule has 0 aliphatic carbocycles. The van der Waals surface area contributed by atoms with Crippen LogP contribution in [0.3, 0.4) is 0 Å². The third-order valence-corrected chi connectivity index (χ3v) is 3.77. The summed E-state index contributed by atoms with van der Waals surface area (Å²) >= 11 is 0. The number of carbonyl (C=O) groups excluding carboxylic acids is 1. The van der Waals surface area contributed by atoms with E-state index in [4.69, 9.17) is 10.00 Å². The number of hydrogen-bond donors (Lipinski definition) is 2. The van der Waals surface area contributed by atoms with Crippen molar-refractivity contribution in [3.05, 3.63) is 53.6 Å². The van der Waals surface area contributed by atoms with E-state index in [1.807, 2.05) is 5.32 Å². The lowest BCUT2D eigenvalue weighted by molar-refractivity contribution is -0.274. The first-order chi connectivity index (χ1) is 14.2. The number of nitrogens with zero attached hydrogens (tertiary/aromatic N) is 1. The topological polar surface area (TPSA) is 91.6 Å². The van der Waals surface area contributed by atoms with Gasteiger partial charge in [0.25, 0.3) is 5.91 Å². The molecule has 0 saturated carbocycles. The predicted molar refractivity (Wildman–Crippen MR) is 94.0 cm³/mol. The summed E-state index contributed by atoms with van der Waals surface area (Å²) in [7, 11) is 0. The van der Waals surface area contributed by atoms with Crippen molar-refractivity contribution in [2.24, 2.45) is 0 Å². The van der Waals surface area contributed by atoms with Gasteiger partial charge in [0, 0.05) is 0 Å². The van der Waals surface area contributed by atoms with E-state index in [1.54, 1.807) is 6.07 Å². The molecule has 12 heteroatoms. The summed E-state index contributed by atoms with van der Waals surface area (Å²) < 4.78 is 84.8. The van der Waals surface area contributed by atoms with Gasteiger partial charge in [-0.2, -0.15) is 18.4 Å². The Morgan fingerprint density at radius 3 is 2.16 bits per heavy atom. The fourth-order valence-electron chi connectivity index (χ4n) is 2.24. The first-order valence-corrected chi connectivity index (χ1v) is 8.35. The van der Waals surface area contributed by atoms with Gasteiger partial charge in [-0.3, -0.25) is 4.79 Å². The van der Waals surface area contributed by atoms with E-state index in [1.165, 1.54) is 0 Å². The number of alkyl halides is 6. The molecule has 2 aromatic carbocycles. The summed E-state index contributed by atoms with van der Waals surface area (Å²) in [5.74, 6) is -1.79. The minimum Gasteiger partial charge on any atom is -0.490 e. The lowest BCUT2D eigenvalue weighted by Gasteiger charge is -2.24. The average molecular weight is 448 g/mol. The summed E-state index contributed by atoms with van der Waals surface area (Å²) in [5.41, 5.74) is -4.54. The highest BCUT2D eigenvalue weighted by atomic mass is 19.4. The van der Waals surface area contributed by atoms with Gasteiger partial charge >= 0.3 is 12.5 Å². The highest BCUT2D eigenvalue weighted by molar-refractivity contribution is 5.97. The molecule has 166 valence electrons. The quantitative estimate of drug-likeness (QED) is 0.645. The van der Waals surface area contributed by atoms with Crippen molar-refractivity contribution in [1.82, 2.24) is 0 Å². The standard InChI is InChI=1S/C19H14F6N2O4/c1-17(29,10-30-12-3-5-13(6-4-12)31-19(23,24)25)16(28)27-15-7-2-11(9-26)8-14(15)18(20,21)22/h2-8,29H,10H2,1H3,(H,27,28). The molecule has 2 N–H and O–H groups in total. The van der Waals surface area contributed by atoms with E-state index >= 15 is 0 Å². The van der Waals surface area contributed by atoms with Gasteiger partial charge < -0.3 is 19.9 Å². The Hall–Kier alpha value is -3.46. The molecule has 0 fully saturated rings. The molecule has 0 aliphatic rings. The number of halogens is 6. The van der Waals surface area contributed by atoms with E-state index in [-0.39, 0.29) is 11.3 Å². The number of hydrogen-bond acceptors (Lipinski definition) is 5. The lowest BCUT2D eigenvalue weighted by atomic mass is 10.1. The van der Waals surface area contributed by atoms with Gasteiger partial charge in [-0.05, 0) is 49.4 Å². The minimum atomic E-state index is -4.88. The van der Waals surface area contributed by atoms with Crippen LogP contribution in [0.1, 0.15) is 18.1 Å².